The summed E-state index contributed by atoms with van der Waals surface area (Å²) in [7, 11) is 0. The highest BCUT2D eigenvalue weighted by molar-refractivity contribution is 5.43. The molecule has 5 heteroatoms. The van der Waals surface area contributed by atoms with Gasteiger partial charge < -0.3 is 4.90 Å². The minimum atomic E-state index is 0.281. The number of nitrogens with zero attached hydrogens (tertiary/aromatic N) is 5. The van der Waals surface area contributed by atoms with Crippen LogP contribution in [0.4, 0.5) is 5.82 Å². The first-order valence-corrected chi connectivity index (χ1v) is 6.58. The Balaban J connectivity index is 1.96. The lowest BCUT2D eigenvalue weighted by molar-refractivity contribution is 0.674. The van der Waals surface area contributed by atoms with Crippen LogP contribution in [-0.2, 0) is 0 Å². The first-order chi connectivity index (χ1) is 9.25. The first kappa shape index (κ1) is 12.0. The average Bonchev–Trinajstić information content (AvgIpc) is 2.88. The highest BCUT2D eigenvalue weighted by Gasteiger charge is 2.29. The van der Waals surface area contributed by atoms with Gasteiger partial charge in [-0.3, -0.25) is 9.97 Å². The van der Waals surface area contributed by atoms with Crippen LogP contribution in [0.5, 0.6) is 0 Å². The molecule has 0 radical (unpaired) electrons. The molecule has 1 saturated heterocycles. The van der Waals surface area contributed by atoms with Crippen molar-refractivity contribution in [3.8, 4) is 0 Å². The molecule has 98 valence electrons. The van der Waals surface area contributed by atoms with Crippen molar-refractivity contribution in [2.24, 2.45) is 0 Å². The highest BCUT2D eigenvalue weighted by atomic mass is 15.2. The van der Waals surface area contributed by atoms with Crippen molar-refractivity contribution in [3.63, 3.8) is 0 Å². The molecule has 2 aromatic heterocycles. The Kier molecular flexibility index (Phi) is 3.11. The molecular formula is C14H17N5. The Morgan fingerprint density at radius 1 is 1.11 bits per heavy atom. The average molecular weight is 255 g/mol. The van der Waals surface area contributed by atoms with Crippen molar-refractivity contribution in [1.82, 2.24) is 19.9 Å². The van der Waals surface area contributed by atoms with Crippen molar-refractivity contribution >= 4 is 5.82 Å². The second kappa shape index (κ2) is 4.91. The van der Waals surface area contributed by atoms with E-state index in [1.807, 2.05) is 19.9 Å². The standard InChI is InChI=1S/C14H17N5/c1-10-8-13(18-9-17-10)19-7-3-4-12(19)14-11(2)15-5-6-16-14/h5-6,8-9,12H,3-4,7H2,1-2H3. The van der Waals surface area contributed by atoms with Gasteiger partial charge in [0.15, 0.2) is 0 Å². The second-order valence-electron chi connectivity index (χ2n) is 4.90. The van der Waals surface area contributed by atoms with Crippen LogP contribution < -0.4 is 4.90 Å². The lowest BCUT2D eigenvalue weighted by atomic mass is 10.1. The first-order valence-electron chi connectivity index (χ1n) is 6.58. The molecule has 3 rings (SSSR count). The van der Waals surface area contributed by atoms with Crippen LogP contribution in [0.3, 0.4) is 0 Å². The van der Waals surface area contributed by atoms with E-state index in [-0.39, 0.29) is 6.04 Å². The van der Waals surface area contributed by atoms with E-state index in [2.05, 4.69) is 24.8 Å². The molecule has 5 nitrogen and oxygen atoms in total. The second-order valence-corrected chi connectivity index (χ2v) is 4.90. The third kappa shape index (κ3) is 2.28. The van der Waals surface area contributed by atoms with E-state index in [0.29, 0.717) is 0 Å². The zero-order chi connectivity index (χ0) is 13.2. The van der Waals surface area contributed by atoms with Gasteiger partial charge in [0.25, 0.3) is 0 Å². The largest absolute Gasteiger partial charge is 0.348 e. The van der Waals surface area contributed by atoms with Crippen molar-refractivity contribution < 1.29 is 0 Å². The number of hydrogen-bond acceptors (Lipinski definition) is 5. The third-order valence-corrected chi connectivity index (χ3v) is 3.57. The topological polar surface area (TPSA) is 54.8 Å². The Bertz CT molecular complexity index is 584. The maximum Gasteiger partial charge on any atom is 0.132 e. The Morgan fingerprint density at radius 2 is 1.95 bits per heavy atom. The van der Waals surface area contributed by atoms with Gasteiger partial charge in [-0.2, -0.15) is 0 Å². The number of aryl methyl sites for hydroxylation is 2. The molecule has 19 heavy (non-hydrogen) atoms. The van der Waals surface area contributed by atoms with E-state index in [1.54, 1.807) is 18.7 Å². The Hall–Kier alpha value is -2.04. The monoisotopic (exact) mass is 255 g/mol. The van der Waals surface area contributed by atoms with Crippen LogP contribution in [0.25, 0.3) is 0 Å². The molecule has 1 atom stereocenters. The molecule has 0 N–H and O–H groups in total. The number of rotatable bonds is 2. The molecule has 0 saturated carbocycles. The maximum absolute atomic E-state index is 4.51. The van der Waals surface area contributed by atoms with E-state index in [9.17, 15) is 0 Å². The molecule has 2 aromatic rings. The molecule has 1 unspecified atom stereocenters. The predicted molar refractivity (Wildman–Crippen MR) is 72.9 cm³/mol. The van der Waals surface area contributed by atoms with E-state index in [4.69, 9.17) is 0 Å². The fraction of sp³-hybridized carbons (Fsp3) is 0.429. The summed E-state index contributed by atoms with van der Waals surface area (Å²) in [5.41, 5.74) is 3.06. The van der Waals surface area contributed by atoms with Gasteiger partial charge in [-0.1, -0.05) is 0 Å². The fourth-order valence-corrected chi connectivity index (χ4v) is 2.67. The SMILES string of the molecule is Cc1cc(N2CCCC2c2nccnc2C)ncn1. The van der Waals surface area contributed by atoms with E-state index in [1.165, 1.54) is 0 Å². The highest BCUT2D eigenvalue weighted by Crippen LogP contribution is 2.34. The molecule has 3 heterocycles. The summed E-state index contributed by atoms with van der Waals surface area (Å²) in [5, 5.41) is 0. The van der Waals surface area contributed by atoms with Crippen molar-refractivity contribution in [1.29, 1.82) is 0 Å². The van der Waals surface area contributed by atoms with Crippen LogP contribution in [0.2, 0.25) is 0 Å². The van der Waals surface area contributed by atoms with E-state index >= 15 is 0 Å². The summed E-state index contributed by atoms with van der Waals surface area (Å²) in [4.78, 5) is 19.7. The number of hydrogen-bond donors (Lipinski definition) is 0. The maximum atomic E-state index is 4.51. The summed E-state index contributed by atoms with van der Waals surface area (Å²) in [6, 6.07) is 2.31. The van der Waals surface area contributed by atoms with Crippen molar-refractivity contribution in [2.45, 2.75) is 32.7 Å². The number of aromatic nitrogens is 4. The van der Waals surface area contributed by atoms with Gasteiger partial charge in [0.1, 0.15) is 12.1 Å². The molecular weight excluding hydrogens is 238 g/mol. The molecule has 1 aliphatic heterocycles. The molecule has 0 aliphatic carbocycles. The lowest BCUT2D eigenvalue weighted by Gasteiger charge is -2.25. The van der Waals surface area contributed by atoms with Gasteiger partial charge >= 0.3 is 0 Å². The van der Waals surface area contributed by atoms with Gasteiger partial charge in [0, 0.05) is 30.7 Å². The predicted octanol–water partition coefficient (Wildman–Crippen LogP) is 2.22. The Morgan fingerprint density at radius 3 is 2.74 bits per heavy atom. The van der Waals surface area contributed by atoms with Gasteiger partial charge in [0.05, 0.1) is 17.4 Å². The fourth-order valence-electron chi connectivity index (χ4n) is 2.67. The van der Waals surface area contributed by atoms with E-state index in [0.717, 1.165) is 42.3 Å². The summed E-state index contributed by atoms with van der Waals surface area (Å²) in [6.07, 6.45) is 7.40. The zero-order valence-corrected chi connectivity index (χ0v) is 11.2. The molecule has 0 bridgehead atoms. The van der Waals surface area contributed by atoms with Crippen LogP contribution in [0, 0.1) is 13.8 Å². The summed E-state index contributed by atoms with van der Waals surface area (Å²) < 4.78 is 0. The summed E-state index contributed by atoms with van der Waals surface area (Å²) in [5.74, 6) is 0.986. The van der Waals surface area contributed by atoms with Crippen LogP contribution in [-0.4, -0.2) is 26.5 Å². The lowest BCUT2D eigenvalue weighted by Crippen LogP contribution is -2.25. The normalized spacial score (nSPS) is 18.8. The van der Waals surface area contributed by atoms with Crippen molar-refractivity contribution in [3.05, 3.63) is 41.9 Å². The third-order valence-electron chi connectivity index (χ3n) is 3.57. The van der Waals surface area contributed by atoms with Gasteiger partial charge in [-0.15, -0.1) is 0 Å². The van der Waals surface area contributed by atoms with Crippen molar-refractivity contribution in [2.75, 3.05) is 11.4 Å². The molecule has 1 aliphatic rings. The van der Waals surface area contributed by atoms with Crippen LogP contribution in [0.15, 0.2) is 24.8 Å². The zero-order valence-electron chi connectivity index (χ0n) is 11.2. The molecule has 1 fully saturated rings. The minimum Gasteiger partial charge on any atom is -0.348 e. The van der Waals surface area contributed by atoms with Gasteiger partial charge in [-0.05, 0) is 26.7 Å². The quantitative estimate of drug-likeness (QED) is 0.823. The van der Waals surface area contributed by atoms with Crippen LogP contribution >= 0.6 is 0 Å². The number of anilines is 1. The Labute approximate surface area is 112 Å². The smallest absolute Gasteiger partial charge is 0.132 e. The summed E-state index contributed by atoms with van der Waals surface area (Å²) >= 11 is 0. The van der Waals surface area contributed by atoms with Crippen LogP contribution in [0.1, 0.15) is 36.0 Å². The summed E-state index contributed by atoms with van der Waals surface area (Å²) in [6.45, 7) is 5.02. The van der Waals surface area contributed by atoms with Gasteiger partial charge in [-0.25, -0.2) is 9.97 Å². The molecule has 0 aromatic carbocycles. The van der Waals surface area contributed by atoms with E-state index < -0.39 is 0 Å². The molecule has 0 amide bonds. The minimum absolute atomic E-state index is 0.281. The molecule has 0 spiro atoms. The van der Waals surface area contributed by atoms with Gasteiger partial charge in [0.2, 0.25) is 0 Å².